The smallest absolute Gasteiger partial charge is 0.243 e. The number of carbonyl (C=O) groups is 1. The Hall–Kier alpha value is -2.25. The van der Waals surface area contributed by atoms with Gasteiger partial charge < -0.3 is 5.32 Å². The lowest BCUT2D eigenvalue weighted by molar-refractivity contribution is -0.120. The fourth-order valence-corrected chi connectivity index (χ4v) is 4.80. The van der Waals surface area contributed by atoms with Gasteiger partial charge in [0.05, 0.1) is 4.90 Å². The van der Waals surface area contributed by atoms with Gasteiger partial charge in [0.2, 0.25) is 15.9 Å². The Kier molecular flexibility index (Phi) is 5.38. The minimum Gasteiger partial charge on any atom is -0.324 e. The van der Waals surface area contributed by atoms with E-state index < -0.39 is 27.8 Å². The third-order valence-corrected chi connectivity index (χ3v) is 6.49. The van der Waals surface area contributed by atoms with Crippen molar-refractivity contribution in [1.82, 2.24) is 4.31 Å². The number of nitrogens with one attached hydrogen (secondary N) is 1. The number of piperidine rings is 1. The maximum atomic E-state index is 13.5. The van der Waals surface area contributed by atoms with Crippen molar-refractivity contribution in [2.75, 3.05) is 11.9 Å². The molecular formula is C19H21FN2O3S. The van der Waals surface area contributed by atoms with Gasteiger partial charge in [-0.25, -0.2) is 12.8 Å². The third-order valence-electron chi connectivity index (χ3n) is 4.56. The highest BCUT2D eigenvalue weighted by molar-refractivity contribution is 7.89. The number of hydrogen-bond donors (Lipinski definition) is 1. The molecule has 5 nitrogen and oxygen atoms in total. The Balaban J connectivity index is 1.87. The molecule has 0 aliphatic carbocycles. The number of anilines is 1. The topological polar surface area (TPSA) is 66.5 Å². The Bertz CT molecular complexity index is 900. The summed E-state index contributed by atoms with van der Waals surface area (Å²) in [5.41, 5.74) is 1.07. The van der Waals surface area contributed by atoms with Gasteiger partial charge in [0, 0.05) is 12.2 Å². The van der Waals surface area contributed by atoms with Crippen LogP contribution in [0.15, 0.2) is 53.4 Å². The molecule has 1 aliphatic rings. The molecule has 1 atom stereocenters. The van der Waals surface area contributed by atoms with Crippen molar-refractivity contribution in [3.05, 3.63) is 59.9 Å². The molecule has 1 fully saturated rings. The quantitative estimate of drug-likeness (QED) is 0.890. The van der Waals surface area contributed by atoms with Crippen LogP contribution in [0.2, 0.25) is 0 Å². The summed E-state index contributed by atoms with van der Waals surface area (Å²) < 4.78 is 40.7. The Morgan fingerprint density at radius 3 is 2.62 bits per heavy atom. The number of aryl methyl sites for hydroxylation is 1. The van der Waals surface area contributed by atoms with Gasteiger partial charge in [-0.05, 0) is 49.6 Å². The number of amides is 1. The molecule has 0 spiro atoms. The largest absolute Gasteiger partial charge is 0.324 e. The lowest BCUT2D eigenvalue weighted by atomic mass is 10.0. The summed E-state index contributed by atoms with van der Waals surface area (Å²) in [6.07, 6.45) is 1.90. The molecule has 2 aromatic carbocycles. The van der Waals surface area contributed by atoms with E-state index in [9.17, 15) is 17.6 Å². The van der Waals surface area contributed by atoms with Gasteiger partial charge in [-0.15, -0.1) is 0 Å². The fourth-order valence-electron chi connectivity index (χ4n) is 3.13. The molecule has 7 heteroatoms. The van der Waals surface area contributed by atoms with Crippen molar-refractivity contribution < 1.29 is 17.6 Å². The third kappa shape index (κ3) is 3.78. The van der Waals surface area contributed by atoms with Gasteiger partial charge >= 0.3 is 0 Å². The van der Waals surface area contributed by atoms with Crippen molar-refractivity contribution in [3.63, 3.8) is 0 Å². The Morgan fingerprint density at radius 2 is 1.88 bits per heavy atom. The van der Waals surface area contributed by atoms with E-state index >= 15 is 0 Å². The van der Waals surface area contributed by atoms with E-state index in [1.807, 2.05) is 0 Å². The first-order valence-electron chi connectivity index (χ1n) is 8.53. The lowest BCUT2D eigenvalue weighted by Crippen LogP contribution is -2.49. The molecule has 1 heterocycles. The number of hydrogen-bond acceptors (Lipinski definition) is 3. The number of rotatable bonds is 4. The number of nitrogens with zero attached hydrogens (tertiary/aromatic N) is 1. The van der Waals surface area contributed by atoms with Crippen molar-refractivity contribution in [3.8, 4) is 0 Å². The van der Waals surface area contributed by atoms with Crippen LogP contribution >= 0.6 is 0 Å². The maximum Gasteiger partial charge on any atom is 0.243 e. The summed E-state index contributed by atoms with van der Waals surface area (Å²) in [4.78, 5) is 12.9. The highest BCUT2D eigenvalue weighted by Gasteiger charge is 2.37. The summed E-state index contributed by atoms with van der Waals surface area (Å²) in [5.74, 6) is -0.888. The lowest BCUT2D eigenvalue weighted by Gasteiger charge is -2.33. The zero-order valence-electron chi connectivity index (χ0n) is 14.5. The number of sulfonamides is 1. The van der Waals surface area contributed by atoms with Gasteiger partial charge in [0.15, 0.2) is 0 Å². The first-order chi connectivity index (χ1) is 12.4. The standard InChI is InChI=1S/C19H21FN2O3S/c1-14-10-11-15(20)13-17(14)21-19(23)18-9-5-6-12-22(18)26(24,25)16-7-3-2-4-8-16/h2-4,7-8,10-11,13,18H,5-6,9,12H2,1H3,(H,21,23)/t18-/m1/s1. The summed E-state index contributed by atoms with van der Waals surface area (Å²) >= 11 is 0. The highest BCUT2D eigenvalue weighted by atomic mass is 32.2. The molecule has 0 radical (unpaired) electrons. The van der Waals surface area contributed by atoms with Crippen molar-refractivity contribution in [1.29, 1.82) is 0 Å². The number of benzene rings is 2. The summed E-state index contributed by atoms with van der Waals surface area (Å²) in [7, 11) is -3.77. The average Bonchev–Trinajstić information content (AvgIpc) is 2.65. The Morgan fingerprint density at radius 1 is 1.15 bits per heavy atom. The number of halogens is 1. The molecule has 1 saturated heterocycles. The molecule has 0 saturated carbocycles. The van der Waals surface area contributed by atoms with E-state index in [1.54, 1.807) is 31.2 Å². The summed E-state index contributed by atoms with van der Waals surface area (Å²) in [6.45, 7) is 2.05. The van der Waals surface area contributed by atoms with Crippen LogP contribution in [0.25, 0.3) is 0 Å². The first kappa shape index (κ1) is 18.5. The van der Waals surface area contributed by atoms with Crippen molar-refractivity contribution in [2.45, 2.75) is 37.1 Å². The van der Waals surface area contributed by atoms with E-state index in [1.165, 1.54) is 28.6 Å². The highest BCUT2D eigenvalue weighted by Crippen LogP contribution is 2.27. The van der Waals surface area contributed by atoms with Crippen molar-refractivity contribution in [2.24, 2.45) is 0 Å². The Labute approximate surface area is 152 Å². The number of carbonyl (C=O) groups excluding carboxylic acids is 1. The molecule has 1 aliphatic heterocycles. The zero-order chi connectivity index (χ0) is 18.7. The van der Waals surface area contributed by atoms with Crippen LogP contribution in [0.4, 0.5) is 10.1 Å². The van der Waals surface area contributed by atoms with Gasteiger partial charge in [-0.3, -0.25) is 4.79 Å². The SMILES string of the molecule is Cc1ccc(F)cc1NC(=O)[C@H]1CCCCN1S(=O)(=O)c1ccccc1. The van der Waals surface area contributed by atoms with Gasteiger partial charge in [0.1, 0.15) is 11.9 Å². The summed E-state index contributed by atoms with van der Waals surface area (Å²) in [5, 5.41) is 2.69. The minimum absolute atomic E-state index is 0.168. The van der Waals surface area contributed by atoms with Crippen LogP contribution in [0.5, 0.6) is 0 Å². The second kappa shape index (κ2) is 7.55. The monoisotopic (exact) mass is 376 g/mol. The van der Waals surface area contributed by atoms with E-state index in [0.29, 0.717) is 24.1 Å². The van der Waals surface area contributed by atoms with Crippen LogP contribution in [0.3, 0.4) is 0 Å². The first-order valence-corrected chi connectivity index (χ1v) is 9.97. The molecule has 3 rings (SSSR count). The van der Waals surface area contributed by atoms with Crippen LogP contribution in [-0.2, 0) is 14.8 Å². The van der Waals surface area contributed by atoms with Crippen LogP contribution in [0, 0.1) is 12.7 Å². The van der Waals surface area contributed by atoms with Crippen LogP contribution < -0.4 is 5.32 Å². The molecule has 26 heavy (non-hydrogen) atoms. The van der Waals surface area contributed by atoms with Crippen LogP contribution in [-0.4, -0.2) is 31.2 Å². The van der Waals surface area contributed by atoms with E-state index in [-0.39, 0.29) is 11.4 Å². The second-order valence-corrected chi connectivity index (χ2v) is 8.28. The molecule has 0 bridgehead atoms. The predicted octanol–water partition coefficient (Wildman–Crippen LogP) is 3.32. The maximum absolute atomic E-state index is 13.5. The van der Waals surface area contributed by atoms with Crippen molar-refractivity contribution >= 4 is 21.6 Å². The molecule has 138 valence electrons. The normalized spacial score (nSPS) is 18.5. The minimum atomic E-state index is -3.77. The van der Waals surface area contributed by atoms with E-state index in [2.05, 4.69) is 5.32 Å². The fraction of sp³-hybridized carbons (Fsp3) is 0.316. The molecule has 1 amide bonds. The predicted molar refractivity (Wildman–Crippen MR) is 97.7 cm³/mol. The second-order valence-electron chi connectivity index (χ2n) is 6.39. The van der Waals surface area contributed by atoms with E-state index in [4.69, 9.17) is 0 Å². The van der Waals surface area contributed by atoms with Gasteiger partial charge in [0.25, 0.3) is 0 Å². The average molecular weight is 376 g/mol. The van der Waals surface area contributed by atoms with Gasteiger partial charge in [-0.2, -0.15) is 4.31 Å². The molecular weight excluding hydrogens is 355 g/mol. The molecule has 0 unspecified atom stereocenters. The van der Waals surface area contributed by atoms with E-state index in [0.717, 1.165) is 6.42 Å². The summed E-state index contributed by atoms with van der Waals surface area (Å²) in [6, 6.07) is 11.4. The molecule has 2 aromatic rings. The van der Waals surface area contributed by atoms with Gasteiger partial charge in [-0.1, -0.05) is 30.7 Å². The molecule has 1 N–H and O–H groups in total. The molecule has 0 aromatic heterocycles. The zero-order valence-corrected chi connectivity index (χ0v) is 15.3. The van der Waals surface area contributed by atoms with Crippen LogP contribution in [0.1, 0.15) is 24.8 Å².